The van der Waals surface area contributed by atoms with E-state index in [9.17, 15) is 4.79 Å². The quantitative estimate of drug-likeness (QED) is 0.897. The maximum atomic E-state index is 10.7. The Morgan fingerprint density at radius 1 is 1.37 bits per heavy atom. The molecule has 0 fully saturated rings. The zero-order chi connectivity index (χ0) is 14.0. The van der Waals surface area contributed by atoms with Gasteiger partial charge in [0, 0.05) is 31.0 Å². The highest BCUT2D eigenvalue weighted by Crippen LogP contribution is 2.24. The summed E-state index contributed by atoms with van der Waals surface area (Å²) < 4.78 is 2.07. The van der Waals surface area contributed by atoms with Gasteiger partial charge in [-0.2, -0.15) is 0 Å². The molecule has 0 spiro atoms. The Morgan fingerprint density at radius 2 is 2.11 bits per heavy atom. The smallest absolute Gasteiger partial charge is 0.303 e. The van der Waals surface area contributed by atoms with Gasteiger partial charge in [-0.25, -0.2) is 9.97 Å². The fourth-order valence-electron chi connectivity index (χ4n) is 2.34. The molecule has 0 aliphatic carbocycles. The molecule has 1 N–H and O–H groups in total. The first-order valence-electron chi connectivity index (χ1n) is 6.63. The van der Waals surface area contributed by atoms with E-state index in [2.05, 4.69) is 21.5 Å². The van der Waals surface area contributed by atoms with E-state index in [-0.39, 0.29) is 6.42 Å². The van der Waals surface area contributed by atoms with Crippen molar-refractivity contribution in [2.75, 3.05) is 0 Å². The molecule has 0 bridgehead atoms. The zero-order valence-electron chi connectivity index (χ0n) is 11.6. The van der Waals surface area contributed by atoms with E-state index in [4.69, 9.17) is 5.11 Å². The van der Waals surface area contributed by atoms with Crippen molar-refractivity contribution in [2.45, 2.75) is 46.6 Å². The number of hydrogen-bond donors (Lipinski definition) is 1. The number of nitrogens with zero attached hydrogens (tertiary/aromatic N) is 3. The number of aromatic nitrogens is 3. The van der Waals surface area contributed by atoms with Gasteiger partial charge in [-0.05, 0) is 25.8 Å². The molecule has 2 aromatic rings. The summed E-state index contributed by atoms with van der Waals surface area (Å²) in [7, 11) is 0. The third kappa shape index (κ3) is 2.59. The molecule has 2 aromatic heterocycles. The van der Waals surface area contributed by atoms with Crippen LogP contribution in [0.3, 0.4) is 0 Å². The van der Waals surface area contributed by atoms with Crippen LogP contribution in [-0.4, -0.2) is 25.6 Å². The van der Waals surface area contributed by atoms with E-state index in [1.165, 1.54) is 0 Å². The number of carbonyl (C=O) groups is 1. The van der Waals surface area contributed by atoms with Gasteiger partial charge in [-0.1, -0.05) is 6.92 Å². The van der Waals surface area contributed by atoms with Crippen LogP contribution in [0, 0.1) is 6.92 Å². The van der Waals surface area contributed by atoms with Gasteiger partial charge in [0.15, 0.2) is 0 Å². The van der Waals surface area contributed by atoms with Crippen molar-refractivity contribution in [3.8, 4) is 0 Å². The van der Waals surface area contributed by atoms with E-state index in [1.807, 2.05) is 20.0 Å². The van der Waals surface area contributed by atoms with Crippen LogP contribution in [0.4, 0.5) is 0 Å². The first-order valence-corrected chi connectivity index (χ1v) is 6.63. The van der Waals surface area contributed by atoms with Crippen LogP contribution in [0.5, 0.6) is 0 Å². The van der Waals surface area contributed by atoms with Crippen molar-refractivity contribution >= 4 is 17.0 Å². The molecule has 2 heterocycles. The SMILES string of the molecule is CCc1nc(C)c2c(CCC(=O)O)cn(CC)c2n1. The monoisotopic (exact) mass is 261 g/mol. The van der Waals surface area contributed by atoms with Crippen molar-refractivity contribution in [1.29, 1.82) is 0 Å². The molecule has 0 amide bonds. The molecule has 0 unspecified atom stereocenters. The summed E-state index contributed by atoms with van der Waals surface area (Å²) >= 11 is 0. The molecule has 0 aromatic carbocycles. The minimum atomic E-state index is -0.777. The maximum Gasteiger partial charge on any atom is 0.303 e. The van der Waals surface area contributed by atoms with E-state index in [0.717, 1.165) is 41.1 Å². The summed E-state index contributed by atoms with van der Waals surface area (Å²) in [6.07, 6.45) is 3.47. The average molecular weight is 261 g/mol. The highest BCUT2D eigenvalue weighted by Gasteiger charge is 2.14. The zero-order valence-corrected chi connectivity index (χ0v) is 11.6. The molecule has 0 saturated heterocycles. The second-order valence-electron chi connectivity index (χ2n) is 4.61. The molecule has 5 nitrogen and oxygen atoms in total. The summed E-state index contributed by atoms with van der Waals surface area (Å²) in [4.78, 5) is 19.8. The van der Waals surface area contributed by atoms with Crippen LogP contribution in [-0.2, 0) is 24.2 Å². The molecule has 102 valence electrons. The van der Waals surface area contributed by atoms with Crippen LogP contribution in [0.1, 0.15) is 37.4 Å². The molecule has 0 aliphatic heterocycles. The number of rotatable bonds is 5. The Kier molecular flexibility index (Phi) is 3.83. The predicted molar refractivity (Wildman–Crippen MR) is 73.3 cm³/mol. The fourth-order valence-corrected chi connectivity index (χ4v) is 2.34. The number of aliphatic carboxylic acids is 1. The lowest BCUT2D eigenvalue weighted by Gasteiger charge is -2.04. The molecule has 0 atom stereocenters. The molecule has 5 heteroatoms. The Balaban J connectivity index is 2.56. The van der Waals surface area contributed by atoms with Crippen LogP contribution in [0.2, 0.25) is 0 Å². The lowest BCUT2D eigenvalue weighted by atomic mass is 10.1. The summed E-state index contributed by atoms with van der Waals surface area (Å²) in [5.74, 6) is 0.0590. The molecule has 0 radical (unpaired) electrons. The number of carboxylic acids is 1. The lowest BCUT2D eigenvalue weighted by molar-refractivity contribution is -0.136. The van der Waals surface area contributed by atoms with E-state index < -0.39 is 5.97 Å². The van der Waals surface area contributed by atoms with E-state index in [0.29, 0.717) is 6.42 Å². The Labute approximate surface area is 112 Å². The second kappa shape index (κ2) is 5.38. The Morgan fingerprint density at radius 3 is 2.68 bits per heavy atom. The molecule has 0 aliphatic rings. The molecule has 19 heavy (non-hydrogen) atoms. The predicted octanol–water partition coefficient (Wildman–Crippen LogP) is 2.34. The molecule has 0 saturated carbocycles. The van der Waals surface area contributed by atoms with Gasteiger partial charge < -0.3 is 9.67 Å². The van der Waals surface area contributed by atoms with Gasteiger partial charge in [-0.15, -0.1) is 0 Å². The van der Waals surface area contributed by atoms with E-state index in [1.54, 1.807) is 0 Å². The minimum Gasteiger partial charge on any atom is -0.481 e. The first-order chi connectivity index (χ1) is 9.06. The highest BCUT2D eigenvalue weighted by molar-refractivity contribution is 5.83. The summed E-state index contributed by atoms with van der Waals surface area (Å²) in [5, 5.41) is 9.84. The van der Waals surface area contributed by atoms with Crippen molar-refractivity contribution in [1.82, 2.24) is 14.5 Å². The third-order valence-corrected chi connectivity index (χ3v) is 3.29. The van der Waals surface area contributed by atoms with E-state index >= 15 is 0 Å². The molecular formula is C14H19N3O2. The van der Waals surface area contributed by atoms with Gasteiger partial charge in [0.05, 0.1) is 5.69 Å². The van der Waals surface area contributed by atoms with Gasteiger partial charge >= 0.3 is 5.97 Å². The van der Waals surface area contributed by atoms with Gasteiger partial charge in [-0.3, -0.25) is 4.79 Å². The largest absolute Gasteiger partial charge is 0.481 e. The maximum absolute atomic E-state index is 10.7. The average Bonchev–Trinajstić information content (AvgIpc) is 2.74. The van der Waals surface area contributed by atoms with Crippen LogP contribution in [0.15, 0.2) is 6.20 Å². The Bertz CT molecular complexity index is 617. The molecular weight excluding hydrogens is 242 g/mol. The highest BCUT2D eigenvalue weighted by atomic mass is 16.4. The summed E-state index contributed by atoms with van der Waals surface area (Å²) in [6, 6.07) is 0. The van der Waals surface area contributed by atoms with Crippen molar-refractivity contribution in [3.05, 3.63) is 23.3 Å². The number of carboxylic acid groups (broad SMARTS) is 1. The van der Waals surface area contributed by atoms with Crippen LogP contribution in [0.25, 0.3) is 11.0 Å². The van der Waals surface area contributed by atoms with Gasteiger partial charge in [0.1, 0.15) is 11.5 Å². The normalized spacial score (nSPS) is 11.1. The first kappa shape index (κ1) is 13.5. The minimum absolute atomic E-state index is 0.137. The topological polar surface area (TPSA) is 68.0 Å². The lowest BCUT2D eigenvalue weighted by Crippen LogP contribution is -2.00. The van der Waals surface area contributed by atoms with Crippen LogP contribution >= 0.6 is 0 Å². The van der Waals surface area contributed by atoms with Gasteiger partial charge in [0.25, 0.3) is 0 Å². The summed E-state index contributed by atoms with van der Waals surface area (Å²) in [5.41, 5.74) is 2.89. The molecule has 2 rings (SSSR count). The van der Waals surface area contributed by atoms with Crippen molar-refractivity contribution in [2.24, 2.45) is 0 Å². The number of fused-ring (bicyclic) bond motifs is 1. The Hall–Kier alpha value is -1.91. The number of aryl methyl sites for hydroxylation is 4. The van der Waals surface area contributed by atoms with Crippen molar-refractivity contribution in [3.63, 3.8) is 0 Å². The fraction of sp³-hybridized carbons (Fsp3) is 0.500. The second-order valence-corrected chi connectivity index (χ2v) is 4.61. The number of hydrogen-bond acceptors (Lipinski definition) is 3. The van der Waals surface area contributed by atoms with Crippen molar-refractivity contribution < 1.29 is 9.90 Å². The van der Waals surface area contributed by atoms with Gasteiger partial charge in [0.2, 0.25) is 0 Å². The summed E-state index contributed by atoms with van der Waals surface area (Å²) in [6.45, 7) is 6.88. The standard InChI is InChI=1S/C14H19N3O2/c1-4-11-15-9(3)13-10(6-7-12(18)19)8-17(5-2)14(13)16-11/h8H,4-7H2,1-3H3,(H,18,19). The van der Waals surface area contributed by atoms with Crippen LogP contribution < -0.4 is 0 Å². The third-order valence-electron chi connectivity index (χ3n) is 3.29.